The van der Waals surface area contributed by atoms with Crippen molar-refractivity contribution in [2.75, 3.05) is 44.8 Å². The summed E-state index contributed by atoms with van der Waals surface area (Å²) < 4.78 is 5.71. The smallest absolute Gasteiger partial charge is 0.242 e. The molecule has 6 heteroatoms. The Morgan fingerprint density at radius 1 is 1.29 bits per heavy atom. The molecule has 1 rings (SSSR count). The zero-order valence-corrected chi connectivity index (χ0v) is 13.9. The first-order valence-corrected chi connectivity index (χ1v) is 7.64. The molecule has 1 heterocycles. The minimum absolute atomic E-state index is 0.230. The van der Waals surface area contributed by atoms with Gasteiger partial charge in [0.2, 0.25) is 5.88 Å². The van der Waals surface area contributed by atoms with E-state index in [1.165, 1.54) is 0 Å². The number of likely N-dealkylation sites (N-methyl/N-ethyl adjacent to an activating group) is 1. The van der Waals surface area contributed by atoms with Crippen LogP contribution in [-0.2, 0) is 0 Å². The van der Waals surface area contributed by atoms with Gasteiger partial charge >= 0.3 is 0 Å². The Balaban J connectivity index is 2.88. The van der Waals surface area contributed by atoms with Crippen molar-refractivity contribution in [3.8, 4) is 5.88 Å². The molecule has 6 nitrogen and oxygen atoms in total. The van der Waals surface area contributed by atoms with Crippen molar-refractivity contribution in [1.29, 1.82) is 0 Å². The highest BCUT2D eigenvalue weighted by molar-refractivity contribution is 5.67. The van der Waals surface area contributed by atoms with E-state index in [-0.39, 0.29) is 5.92 Å². The maximum absolute atomic E-state index is 6.13. The number of hydrogen-bond donors (Lipinski definition) is 2. The van der Waals surface area contributed by atoms with E-state index in [0.29, 0.717) is 24.0 Å². The average Bonchev–Trinajstić information content (AvgIpc) is 2.41. The molecule has 0 saturated heterocycles. The van der Waals surface area contributed by atoms with Gasteiger partial charge in [0.15, 0.2) is 5.82 Å². The highest BCUT2D eigenvalue weighted by atomic mass is 16.5. The molecule has 0 unspecified atom stereocenters. The molecular weight excluding hydrogens is 266 g/mol. The van der Waals surface area contributed by atoms with Crippen LogP contribution in [0.2, 0.25) is 0 Å². The molecule has 0 bridgehead atoms. The van der Waals surface area contributed by atoms with Crippen LogP contribution in [0.3, 0.4) is 0 Å². The molecule has 21 heavy (non-hydrogen) atoms. The fourth-order valence-corrected chi connectivity index (χ4v) is 1.68. The molecule has 0 aliphatic heterocycles. The normalized spacial score (nSPS) is 11.2. The predicted octanol–water partition coefficient (Wildman–Crippen LogP) is 2.33. The summed E-state index contributed by atoms with van der Waals surface area (Å²) in [6.45, 7) is 8.56. The molecule has 1 aromatic heterocycles. The van der Waals surface area contributed by atoms with Crippen LogP contribution in [0.4, 0.5) is 11.5 Å². The van der Waals surface area contributed by atoms with Crippen LogP contribution in [0, 0.1) is 0 Å². The molecule has 0 amide bonds. The zero-order chi connectivity index (χ0) is 15.8. The first-order valence-electron chi connectivity index (χ1n) is 7.64. The summed E-state index contributed by atoms with van der Waals surface area (Å²) in [5.41, 5.74) is 6.62. The third-order valence-corrected chi connectivity index (χ3v) is 3.03. The second kappa shape index (κ2) is 8.67. The van der Waals surface area contributed by atoms with Crippen molar-refractivity contribution in [3.05, 3.63) is 5.82 Å². The first-order chi connectivity index (χ1) is 9.95. The standard InChI is InChI=1S/C15H29N5O/c1-6-7-10-21-15-12(16)14(17-8-9-20(4)5)18-13(19-15)11(2)3/h11H,6-10,16H2,1-5H3,(H,17,18,19). The van der Waals surface area contributed by atoms with Crippen molar-refractivity contribution in [3.63, 3.8) is 0 Å². The monoisotopic (exact) mass is 295 g/mol. The van der Waals surface area contributed by atoms with Crippen LogP contribution in [0.15, 0.2) is 0 Å². The number of rotatable bonds is 9. The molecule has 0 spiro atoms. The fourth-order valence-electron chi connectivity index (χ4n) is 1.68. The molecule has 0 aliphatic rings. The van der Waals surface area contributed by atoms with Crippen LogP contribution in [-0.4, -0.2) is 48.7 Å². The summed E-state index contributed by atoms with van der Waals surface area (Å²) >= 11 is 0. The van der Waals surface area contributed by atoms with Crippen LogP contribution < -0.4 is 15.8 Å². The minimum Gasteiger partial charge on any atom is -0.476 e. The Hall–Kier alpha value is -1.56. The van der Waals surface area contributed by atoms with Gasteiger partial charge in [-0.25, -0.2) is 4.98 Å². The van der Waals surface area contributed by atoms with Crippen molar-refractivity contribution in [1.82, 2.24) is 14.9 Å². The van der Waals surface area contributed by atoms with Crippen molar-refractivity contribution in [2.45, 2.75) is 39.5 Å². The number of nitrogens with one attached hydrogen (secondary N) is 1. The Morgan fingerprint density at radius 3 is 2.57 bits per heavy atom. The molecule has 0 aromatic carbocycles. The van der Waals surface area contributed by atoms with Crippen molar-refractivity contribution in [2.24, 2.45) is 0 Å². The minimum atomic E-state index is 0.230. The van der Waals surface area contributed by atoms with Crippen molar-refractivity contribution < 1.29 is 4.74 Å². The van der Waals surface area contributed by atoms with Gasteiger partial charge in [-0.2, -0.15) is 4.98 Å². The molecule has 3 N–H and O–H groups in total. The largest absolute Gasteiger partial charge is 0.476 e. The maximum atomic E-state index is 6.13. The number of nitrogen functional groups attached to an aromatic ring is 1. The van der Waals surface area contributed by atoms with E-state index < -0.39 is 0 Å². The van der Waals surface area contributed by atoms with Gasteiger partial charge < -0.3 is 20.7 Å². The number of unbranched alkanes of at least 4 members (excludes halogenated alkanes) is 1. The lowest BCUT2D eigenvalue weighted by Crippen LogP contribution is -2.22. The van der Waals surface area contributed by atoms with Crippen LogP contribution >= 0.6 is 0 Å². The maximum Gasteiger partial charge on any atom is 0.242 e. The van der Waals surface area contributed by atoms with Gasteiger partial charge in [-0.15, -0.1) is 0 Å². The zero-order valence-electron chi connectivity index (χ0n) is 13.9. The van der Waals surface area contributed by atoms with E-state index in [1.54, 1.807) is 0 Å². The summed E-state index contributed by atoms with van der Waals surface area (Å²) in [7, 11) is 4.06. The summed E-state index contributed by atoms with van der Waals surface area (Å²) in [4.78, 5) is 11.1. The molecular formula is C15H29N5O. The molecule has 0 saturated carbocycles. The van der Waals surface area contributed by atoms with Gasteiger partial charge in [0.1, 0.15) is 11.5 Å². The van der Waals surface area contributed by atoms with E-state index in [0.717, 1.165) is 31.8 Å². The van der Waals surface area contributed by atoms with Crippen molar-refractivity contribution >= 4 is 11.5 Å². The highest BCUT2D eigenvalue weighted by Crippen LogP contribution is 2.28. The number of ether oxygens (including phenoxy) is 1. The summed E-state index contributed by atoms with van der Waals surface area (Å²) in [5.74, 6) is 2.15. The van der Waals surface area contributed by atoms with Gasteiger partial charge in [0, 0.05) is 19.0 Å². The Bertz CT molecular complexity index is 434. The number of nitrogens with two attached hydrogens (primary N) is 1. The van der Waals surface area contributed by atoms with Crippen LogP contribution in [0.5, 0.6) is 5.88 Å². The second-order valence-electron chi connectivity index (χ2n) is 5.74. The lowest BCUT2D eigenvalue weighted by molar-refractivity contribution is 0.298. The van der Waals surface area contributed by atoms with Crippen LogP contribution in [0.25, 0.3) is 0 Å². The van der Waals surface area contributed by atoms with Gasteiger partial charge in [0.05, 0.1) is 6.61 Å². The topological polar surface area (TPSA) is 76.3 Å². The highest BCUT2D eigenvalue weighted by Gasteiger charge is 2.14. The van der Waals surface area contributed by atoms with E-state index in [2.05, 4.69) is 41.0 Å². The van der Waals surface area contributed by atoms with Gasteiger partial charge in [-0.3, -0.25) is 0 Å². The van der Waals surface area contributed by atoms with Gasteiger partial charge in [-0.05, 0) is 20.5 Å². The predicted molar refractivity (Wildman–Crippen MR) is 88.0 cm³/mol. The number of anilines is 2. The SMILES string of the molecule is CCCCOc1nc(C(C)C)nc(NCCN(C)C)c1N. The average molecular weight is 295 g/mol. The second-order valence-corrected chi connectivity index (χ2v) is 5.74. The number of hydrogen-bond acceptors (Lipinski definition) is 6. The molecule has 0 atom stereocenters. The summed E-state index contributed by atoms with van der Waals surface area (Å²) in [6, 6.07) is 0. The number of nitrogens with zero attached hydrogens (tertiary/aromatic N) is 3. The lowest BCUT2D eigenvalue weighted by atomic mass is 10.2. The van der Waals surface area contributed by atoms with Crippen LogP contribution in [0.1, 0.15) is 45.4 Å². The van der Waals surface area contributed by atoms with Gasteiger partial charge in [0.25, 0.3) is 0 Å². The summed E-state index contributed by atoms with van der Waals surface area (Å²) in [6.07, 6.45) is 2.07. The Labute approximate surface area is 128 Å². The Morgan fingerprint density at radius 2 is 2.00 bits per heavy atom. The molecule has 0 aliphatic carbocycles. The first kappa shape index (κ1) is 17.5. The van der Waals surface area contributed by atoms with E-state index in [1.807, 2.05) is 14.1 Å². The molecule has 0 fully saturated rings. The van der Waals surface area contributed by atoms with E-state index in [9.17, 15) is 0 Å². The molecule has 1 aromatic rings. The third kappa shape index (κ3) is 5.75. The molecule has 120 valence electrons. The molecule has 0 radical (unpaired) electrons. The van der Waals surface area contributed by atoms with E-state index >= 15 is 0 Å². The Kier molecular flexibility index (Phi) is 7.22. The fraction of sp³-hybridized carbons (Fsp3) is 0.733. The number of aromatic nitrogens is 2. The van der Waals surface area contributed by atoms with Gasteiger partial charge in [-0.1, -0.05) is 27.2 Å². The summed E-state index contributed by atoms with van der Waals surface area (Å²) in [5, 5.41) is 3.27. The van der Waals surface area contributed by atoms with E-state index in [4.69, 9.17) is 10.5 Å². The quantitative estimate of drug-likeness (QED) is 0.681. The third-order valence-electron chi connectivity index (χ3n) is 3.03. The lowest BCUT2D eigenvalue weighted by Gasteiger charge is -2.16.